The summed E-state index contributed by atoms with van der Waals surface area (Å²) in [5.74, 6) is 1.00. The van der Waals surface area contributed by atoms with E-state index in [1.165, 1.54) is 4.68 Å². The highest BCUT2D eigenvalue weighted by molar-refractivity contribution is 5.83. The molecule has 0 radical (unpaired) electrons. The quantitative estimate of drug-likeness (QED) is 0.717. The van der Waals surface area contributed by atoms with E-state index in [4.69, 9.17) is 4.74 Å². The Kier molecular flexibility index (Phi) is 4.86. The third kappa shape index (κ3) is 3.63. The lowest BCUT2D eigenvalue weighted by atomic mass is 10.0. The average molecular weight is 377 g/mol. The third-order valence-electron chi connectivity index (χ3n) is 5.23. The van der Waals surface area contributed by atoms with Gasteiger partial charge in [-0.05, 0) is 49.4 Å². The van der Waals surface area contributed by atoms with Crippen molar-refractivity contribution in [3.05, 3.63) is 70.1 Å². The van der Waals surface area contributed by atoms with Crippen LogP contribution in [0.1, 0.15) is 30.1 Å². The molecule has 0 bridgehead atoms. The van der Waals surface area contributed by atoms with E-state index in [1.807, 2.05) is 49.4 Å². The first kappa shape index (κ1) is 18.2. The molecule has 0 saturated heterocycles. The molecule has 1 amide bonds. The van der Waals surface area contributed by atoms with Gasteiger partial charge in [0.1, 0.15) is 12.3 Å². The number of methoxy groups -OCH3 is 1. The molecule has 1 aromatic heterocycles. The number of rotatable bonds is 6. The number of hydrogen-bond acceptors (Lipinski definition) is 4. The number of carbonyl (C=O) groups is 1. The first-order chi connectivity index (χ1) is 13.6. The fraction of sp³-hybridized carbons (Fsp3) is 0.318. The van der Waals surface area contributed by atoms with Crippen LogP contribution in [0.3, 0.4) is 0 Å². The molecular weight excluding hydrogens is 354 g/mol. The van der Waals surface area contributed by atoms with Crippen LogP contribution in [-0.4, -0.2) is 22.8 Å². The summed E-state index contributed by atoms with van der Waals surface area (Å²) in [6.07, 6.45) is 2.18. The summed E-state index contributed by atoms with van der Waals surface area (Å²) < 4.78 is 6.47. The fourth-order valence-electron chi connectivity index (χ4n) is 3.58. The van der Waals surface area contributed by atoms with E-state index in [0.717, 1.165) is 35.2 Å². The summed E-state index contributed by atoms with van der Waals surface area (Å²) in [7, 11) is 1.63. The monoisotopic (exact) mass is 377 g/mol. The zero-order valence-corrected chi connectivity index (χ0v) is 16.0. The molecule has 1 unspecified atom stereocenters. The van der Waals surface area contributed by atoms with Crippen LogP contribution in [0, 0.1) is 12.8 Å². The Labute approximate surface area is 163 Å². The summed E-state index contributed by atoms with van der Waals surface area (Å²) in [5, 5.41) is 8.83. The Bertz CT molecular complexity index is 1070. The smallest absolute Gasteiger partial charge is 0.275 e. The third-order valence-corrected chi connectivity index (χ3v) is 5.23. The number of nitrogens with one attached hydrogen (secondary N) is 1. The van der Waals surface area contributed by atoms with Crippen molar-refractivity contribution >= 4 is 16.7 Å². The van der Waals surface area contributed by atoms with Gasteiger partial charge in [-0.1, -0.05) is 30.3 Å². The number of fused-ring (bicyclic) bond motifs is 1. The number of amides is 1. The van der Waals surface area contributed by atoms with Crippen LogP contribution in [0.15, 0.2) is 53.3 Å². The fourth-order valence-corrected chi connectivity index (χ4v) is 3.58. The number of benzene rings is 2. The van der Waals surface area contributed by atoms with Gasteiger partial charge in [0.05, 0.1) is 24.2 Å². The van der Waals surface area contributed by atoms with Crippen molar-refractivity contribution in [2.24, 2.45) is 5.92 Å². The van der Waals surface area contributed by atoms with Crippen LogP contribution in [0.2, 0.25) is 0 Å². The second-order valence-corrected chi connectivity index (χ2v) is 7.25. The van der Waals surface area contributed by atoms with Gasteiger partial charge in [0.25, 0.3) is 5.56 Å². The molecule has 1 saturated carbocycles. The van der Waals surface area contributed by atoms with Gasteiger partial charge in [-0.3, -0.25) is 9.59 Å². The van der Waals surface area contributed by atoms with Crippen LogP contribution in [0.5, 0.6) is 5.75 Å². The van der Waals surface area contributed by atoms with Crippen LogP contribution in [0.25, 0.3) is 10.8 Å². The van der Waals surface area contributed by atoms with Crippen LogP contribution in [0.4, 0.5) is 0 Å². The highest BCUT2D eigenvalue weighted by Crippen LogP contribution is 2.41. The molecule has 1 N–H and O–H groups in total. The van der Waals surface area contributed by atoms with E-state index in [9.17, 15) is 9.59 Å². The number of aryl methyl sites for hydroxylation is 1. The van der Waals surface area contributed by atoms with Crippen molar-refractivity contribution in [2.45, 2.75) is 32.4 Å². The highest BCUT2D eigenvalue weighted by atomic mass is 16.5. The topological polar surface area (TPSA) is 73.2 Å². The van der Waals surface area contributed by atoms with Gasteiger partial charge in [-0.25, -0.2) is 4.68 Å². The standard InChI is InChI=1S/C22H23N3O3/c1-14-18-5-3-4-6-19(18)22(27)25(24-14)13-20(26)23-21(15-7-8-15)16-9-11-17(28-2)12-10-16/h3-6,9-12,15,21H,7-8,13H2,1-2H3,(H,23,26). The molecule has 6 heteroatoms. The van der Waals surface area contributed by atoms with Crippen molar-refractivity contribution < 1.29 is 9.53 Å². The molecule has 1 fully saturated rings. The Balaban J connectivity index is 1.55. The molecular formula is C22H23N3O3. The van der Waals surface area contributed by atoms with E-state index < -0.39 is 0 Å². The summed E-state index contributed by atoms with van der Waals surface area (Å²) in [4.78, 5) is 25.4. The first-order valence-corrected chi connectivity index (χ1v) is 9.46. The zero-order valence-electron chi connectivity index (χ0n) is 16.0. The van der Waals surface area contributed by atoms with Crippen LogP contribution in [-0.2, 0) is 11.3 Å². The molecule has 4 rings (SSSR count). The lowest BCUT2D eigenvalue weighted by Crippen LogP contribution is -2.36. The summed E-state index contributed by atoms with van der Waals surface area (Å²) in [5.41, 5.74) is 1.53. The van der Waals surface area contributed by atoms with Gasteiger partial charge in [0.2, 0.25) is 5.91 Å². The van der Waals surface area contributed by atoms with Crippen LogP contribution < -0.4 is 15.6 Å². The number of nitrogens with zero attached hydrogens (tertiary/aromatic N) is 2. The predicted octanol–water partition coefficient (Wildman–Crippen LogP) is 2.98. The van der Waals surface area contributed by atoms with Gasteiger partial charge in [0, 0.05) is 5.39 Å². The summed E-state index contributed by atoms with van der Waals surface area (Å²) in [6, 6.07) is 15.0. The second kappa shape index (κ2) is 7.46. The van der Waals surface area contributed by atoms with E-state index in [1.54, 1.807) is 13.2 Å². The maximum absolute atomic E-state index is 12.7. The normalized spacial score (nSPS) is 14.6. The highest BCUT2D eigenvalue weighted by Gasteiger charge is 2.33. The molecule has 2 aromatic carbocycles. The molecule has 1 aliphatic rings. The average Bonchev–Trinajstić information content (AvgIpc) is 3.55. The second-order valence-electron chi connectivity index (χ2n) is 7.25. The number of ether oxygens (including phenoxy) is 1. The Hall–Kier alpha value is -3.15. The zero-order chi connectivity index (χ0) is 19.7. The largest absolute Gasteiger partial charge is 0.497 e. The molecule has 1 atom stereocenters. The van der Waals surface area contributed by atoms with Crippen molar-refractivity contribution in [3.8, 4) is 5.75 Å². The Morgan fingerprint density at radius 3 is 2.50 bits per heavy atom. The lowest BCUT2D eigenvalue weighted by molar-refractivity contribution is -0.122. The SMILES string of the molecule is COc1ccc(C(NC(=O)Cn2nc(C)c3ccccc3c2=O)C2CC2)cc1. The van der Waals surface area contributed by atoms with E-state index in [2.05, 4.69) is 10.4 Å². The Morgan fingerprint density at radius 2 is 1.86 bits per heavy atom. The minimum atomic E-state index is -0.247. The molecule has 1 aliphatic carbocycles. The van der Waals surface area contributed by atoms with Gasteiger partial charge in [-0.2, -0.15) is 5.10 Å². The van der Waals surface area contributed by atoms with Crippen LogP contribution >= 0.6 is 0 Å². The first-order valence-electron chi connectivity index (χ1n) is 9.46. The molecule has 144 valence electrons. The Morgan fingerprint density at radius 1 is 1.18 bits per heavy atom. The molecule has 28 heavy (non-hydrogen) atoms. The predicted molar refractivity (Wildman–Crippen MR) is 107 cm³/mol. The van der Waals surface area contributed by atoms with Crippen molar-refractivity contribution in [1.29, 1.82) is 0 Å². The van der Waals surface area contributed by atoms with Crippen molar-refractivity contribution in [2.75, 3.05) is 7.11 Å². The van der Waals surface area contributed by atoms with Crippen molar-refractivity contribution in [1.82, 2.24) is 15.1 Å². The minimum absolute atomic E-state index is 0.0596. The van der Waals surface area contributed by atoms with E-state index >= 15 is 0 Å². The number of carbonyl (C=O) groups excluding carboxylic acids is 1. The molecule has 0 spiro atoms. The van der Waals surface area contributed by atoms with Gasteiger partial charge in [-0.15, -0.1) is 0 Å². The van der Waals surface area contributed by atoms with E-state index in [-0.39, 0.29) is 24.1 Å². The summed E-state index contributed by atoms with van der Waals surface area (Å²) >= 11 is 0. The van der Waals surface area contributed by atoms with Crippen molar-refractivity contribution in [3.63, 3.8) is 0 Å². The molecule has 0 aliphatic heterocycles. The number of hydrogen-bond donors (Lipinski definition) is 1. The van der Waals surface area contributed by atoms with Gasteiger partial charge in [0.15, 0.2) is 0 Å². The van der Waals surface area contributed by atoms with Gasteiger partial charge < -0.3 is 10.1 Å². The molecule has 6 nitrogen and oxygen atoms in total. The number of aromatic nitrogens is 2. The van der Waals surface area contributed by atoms with Gasteiger partial charge >= 0.3 is 0 Å². The lowest BCUT2D eigenvalue weighted by Gasteiger charge is -2.19. The minimum Gasteiger partial charge on any atom is -0.497 e. The molecule has 3 aromatic rings. The maximum Gasteiger partial charge on any atom is 0.275 e. The van der Waals surface area contributed by atoms with E-state index in [0.29, 0.717) is 11.3 Å². The summed E-state index contributed by atoms with van der Waals surface area (Å²) in [6.45, 7) is 1.75. The molecule has 1 heterocycles. The maximum atomic E-state index is 12.7.